The Hall–Kier alpha value is -3.43. The van der Waals surface area contributed by atoms with Crippen molar-refractivity contribution in [1.82, 2.24) is 10.2 Å². The van der Waals surface area contributed by atoms with Crippen LogP contribution >= 0.6 is 11.6 Å². The van der Waals surface area contributed by atoms with E-state index in [4.69, 9.17) is 11.6 Å². The van der Waals surface area contributed by atoms with E-state index in [1.54, 1.807) is 35.2 Å². The van der Waals surface area contributed by atoms with Gasteiger partial charge >= 0.3 is 0 Å². The van der Waals surface area contributed by atoms with E-state index in [1.807, 2.05) is 44.2 Å². The Bertz CT molecular complexity index is 1400. The fourth-order valence-corrected chi connectivity index (χ4v) is 5.51. The monoisotopic (exact) mass is 601 g/mol. The van der Waals surface area contributed by atoms with Crippen LogP contribution in [0.15, 0.2) is 78.9 Å². The second-order valence-corrected chi connectivity index (χ2v) is 12.4. The van der Waals surface area contributed by atoms with Gasteiger partial charge in [0.25, 0.3) is 0 Å². The first kappa shape index (κ1) is 32.1. The summed E-state index contributed by atoms with van der Waals surface area (Å²) < 4.78 is 40.4. The van der Waals surface area contributed by atoms with E-state index in [2.05, 4.69) is 5.32 Å². The zero-order valence-electron chi connectivity index (χ0n) is 23.6. The molecular weight excluding hydrogens is 565 g/mol. The lowest BCUT2D eigenvalue weighted by atomic mass is 10.0. The van der Waals surface area contributed by atoms with Gasteiger partial charge in [-0.25, -0.2) is 12.8 Å². The minimum Gasteiger partial charge on any atom is -0.352 e. The molecule has 0 saturated heterocycles. The summed E-state index contributed by atoms with van der Waals surface area (Å²) in [6.45, 7) is 3.94. The van der Waals surface area contributed by atoms with Crippen molar-refractivity contribution in [2.24, 2.45) is 0 Å². The maximum absolute atomic E-state index is 14.5. The summed E-state index contributed by atoms with van der Waals surface area (Å²) in [7, 11) is -3.81. The molecule has 0 radical (unpaired) electrons. The van der Waals surface area contributed by atoms with Gasteiger partial charge in [0.1, 0.15) is 11.9 Å². The molecule has 7 nitrogen and oxygen atoms in total. The molecule has 0 saturated carbocycles. The van der Waals surface area contributed by atoms with Crippen LogP contribution in [0.1, 0.15) is 44.2 Å². The van der Waals surface area contributed by atoms with Crippen LogP contribution in [0.4, 0.5) is 10.1 Å². The highest BCUT2D eigenvalue weighted by atomic mass is 35.5. The lowest BCUT2D eigenvalue weighted by Gasteiger charge is -2.32. The minimum absolute atomic E-state index is 0.0457. The van der Waals surface area contributed by atoms with Crippen molar-refractivity contribution >= 4 is 39.1 Å². The van der Waals surface area contributed by atoms with E-state index in [-0.39, 0.29) is 49.5 Å². The number of hydrogen-bond acceptors (Lipinski definition) is 4. The predicted octanol–water partition coefficient (Wildman–Crippen LogP) is 5.58. The lowest BCUT2D eigenvalue weighted by molar-refractivity contribution is -0.141. The molecule has 0 heterocycles. The fourth-order valence-electron chi connectivity index (χ4n) is 4.42. The van der Waals surface area contributed by atoms with Gasteiger partial charge in [0, 0.05) is 37.0 Å². The maximum atomic E-state index is 14.5. The summed E-state index contributed by atoms with van der Waals surface area (Å²) in [5, 5.41) is 3.57. The molecule has 0 fully saturated rings. The number of anilines is 1. The molecule has 3 aromatic carbocycles. The zero-order chi connectivity index (χ0) is 30.0. The van der Waals surface area contributed by atoms with Crippen LogP contribution in [0.3, 0.4) is 0 Å². The number of nitrogens with zero attached hydrogens (tertiary/aromatic N) is 2. The van der Waals surface area contributed by atoms with Crippen LogP contribution in [0, 0.1) is 5.82 Å². The second-order valence-electron chi connectivity index (χ2n) is 10.1. The number of carbonyl (C=O) groups is 2. The third-order valence-corrected chi connectivity index (χ3v) is 8.24. The normalized spacial score (nSPS) is 12.8. The molecule has 41 heavy (non-hydrogen) atoms. The quantitative estimate of drug-likeness (QED) is 0.261. The Labute approximate surface area is 247 Å². The van der Waals surface area contributed by atoms with Crippen LogP contribution in [0.2, 0.25) is 5.02 Å². The molecule has 3 rings (SSSR count). The van der Waals surface area contributed by atoms with Crippen LogP contribution in [0.5, 0.6) is 0 Å². The standard InChI is InChI=1S/C31H37ClFN3O4S/c1-4-23(2)34-31(38)29(21-24-11-6-5-7-12-24)35(22-25-16-18-26(32)19-17-25)30(37)15-10-20-36(41(3,39)40)28-14-9-8-13-27(28)33/h5-9,11-14,16-19,23,29H,4,10,15,20-22H2,1-3H3,(H,34,38)/t23-,29+/m1/s1. The Morgan fingerprint density at radius 1 is 0.951 bits per heavy atom. The molecule has 0 aliphatic rings. The van der Waals surface area contributed by atoms with Crippen molar-refractivity contribution in [1.29, 1.82) is 0 Å². The summed E-state index contributed by atoms with van der Waals surface area (Å²) in [5.41, 5.74) is 1.62. The van der Waals surface area contributed by atoms with Gasteiger partial charge in [0.05, 0.1) is 11.9 Å². The molecule has 220 valence electrons. The topological polar surface area (TPSA) is 86.8 Å². The third kappa shape index (κ3) is 9.57. The molecule has 0 aromatic heterocycles. The van der Waals surface area contributed by atoms with E-state index in [1.165, 1.54) is 18.2 Å². The number of hydrogen-bond donors (Lipinski definition) is 1. The molecule has 10 heteroatoms. The highest BCUT2D eigenvalue weighted by Gasteiger charge is 2.31. The lowest BCUT2D eigenvalue weighted by Crippen LogP contribution is -2.52. The number of sulfonamides is 1. The van der Waals surface area contributed by atoms with E-state index in [0.717, 1.165) is 28.1 Å². The van der Waals surface area contributed by atoms with E-state index < -0.39 is 21.9 Å². The van der Waals surface area contributed by atoms with Gasteiger partial charge in [-0.15, -0.1) is 0 Å². The first-order valence-electron chi connectivity index (χ1n) is 13.6. The number of benzene rings is 3. The highest BCUT2D eigenvalue weighted by molar-refractivity contribution is 7.92. The molecule has 0 spiro atoms. The minimum atomic E-state index is -3.81. The molecule has 0 unspecified atom stereocenters. The first-order chi connectivity index (χ1) is 19.5. The summed E-state index contributed by atoms with van der Waals surface area (Å²) in [6.07, 6.45) is 2.11. The smallest absolute Gasteiger partial charge is 0.243 e. The van der Waals surface area contributed by atoms with Gasteiger partial charge in [-0.3, -0.25) is 13.9 Å². The highest BCUT2D eigenvalue weighted by Crippen LogP contribution is 2.23. The molecule has 1 N–H and O–H groups in total. The second kappa shape index (κ2) is 15.0. The van der Waals surface area contributed by atoms with Crippen LogP contribution in [-0.2, 0) is 32.6 Å². The molecule has 0 aliphatic carbocycles. The number of rotatable bonds is 14. The van der Waals surface area contributed by atoms with Gasteiger partial charge in [-0.05, 0) is 55.2 Å². The zero-order valence-corrected chi connectivity index (χ0v) is 25.2. The van der Waals surface area contributed by atoms with Gasteiger partial charge in [-0.2, -0.15) is 0 Å². The summed E-state index contributed by atoms with van der Waals surface area (Å²) in [5.74, 6) is -1.25. The average molecular weight is 602 g/mol. The van der Waals surface area contributed by atoms with E-state index in [0.29, 0.717) is 11.4 Å². The van der Waals surface area contributed by atoms with Crippen molar-refractivity contribution in [3.63, 3.8) is 0 Å². The van der Waals surface area contributed by atoms with Gasteiger partial charge < -0.3 is 10.2 Å². The van der Waals surface area contributed by atoms with Gasteiger partial charge in [-0.1, -0.05) is 73.1 Å². The molecule has 3 aromatic rings. The van der Waals surface area contributed by atoms with Crippen molar-refractivity contribution < 1.29 is 22.4 Å². The van der Waals surface area contributed by atoms with Crippen molar-refractivity contribution in [2.75, 3.05) is 17.1 Å². The molecule has 2 amide bonds. The molecular formula is C31H37ClFN3O4S. The molecule has 0 aliphatic heterocycles. The Morgan fingerprint density at radius 3 is 2.20 bits per heavy atom. The van der Waals surface area contributed by atoms with Crippen LogP contribution < -0.4 is 9.62 Å². The number of amides is 2. The number of halogens is 2. The molecule has 0 bridgehead atoms. The Balaban J connectivity index is 1.89. The third-order valence-electron chi connectivity index (χ3n) is 6.81. The Kier molecular flexibility index (Phi) is 11.7. The Morgan fingerprint density at radius 2 is 1.59 bits per heavy atom. The fraction of sp³-hybridized carbons (Fsp3) is 0.355. The first-order valence-corrected chi connectivity index (χ1v) is 15.8. The van der Waals surface area contributed by atoms with Crippen LogP contribution in [0.25, 0.3) is 0 Å². The maximum Gasteiger partial charge on any atom is 0.243 e. The van der Waals surface area contributed by atoms with E-state index >= 15 is 0 Å². The summed E-state index contributed by atoms with van der Waals surface area (Å²) in [6, 6.07) is 21.2. The average Bonchev–Trinajstić information content (AvgIpc) is 2.94. The van der Waals surface area contributed by atoms with Gasteiger partial charge in [0.2, 0.25) is 21.8 Å². The number of nitrogens with one attached hydrogen (secondary N) is 1. The van der Waals surface area contributed by atoms with Crippen molar-refractivity contribution in [2.45, 2.75) is 58.2 Å². The molecule has 2 atom stereocenters. The van der Waals surface area contributed by atoms with Crippen LogP contribution in [-0.4, -0.2) is 50.0 Å². The SMILES string of the molecule is CC[C@@H](C)NC(=O)[C@H](Cc1ccccc1)N(Cc1ccc(Cl)cc1)C(=O)CCCN(c1ccccc1F)S(C)(=O)=O. The number of para-hydroxylation sites is 1. The van der Waals surface area contributed by atoms with Crippen molar-refractivity contribution in [3.05, 3.63) is 101 Å². The summed E-state index contributed by atoms with van der Waals surface area (Å²) >= 11 is 6.08. The predicted molar refractivity (Wildman–Crippen MR) is 162 cm³/mol. The number of carbonyl (C=O) groups excluding carboxylic acids is 2. The summed E-state index contributed by atoms with van der Waals surface area (Å²) in [4.78, 5) is 28.9. The van der Waals surface area contributed by atoms with E-state index in [9.17, 15) is 22.4 Å². The van der Waals surface area contributed by atoms with Crippen molar-refractivity contribution in [3.8, 4) is 0 Å². The largest absolute Gasteiger partial charge is 0.352 e. The van der Waals surface area contributed by atoms with Gasteiger partial charge in [0.15, 0.2) is 0 Å².